The van der Waals surface area contributed by atoms with E-state index >= 15 is 0 Å². The highest BCUT2D eigenvalue weighted by atomic mass is 16.6. The molecule has 1 aliphatic rings. The van der Waals surface area contributed by atoms with Crippen LogP contribution in [0.4, 0.5) is 5.69 Å². The zero-order valence-electron chi connectivity index (χ0n) is 13.9. The summed E-state index contributed by atoms with van der Waals surface area (Å²) in [4.78, 5) is 35.2. The molecule has 0 atom stereocenters. The van der Waals surface area contributed by atoms with E-state index in [4.69, 9.17) is 4.74 Å². The molecule has 1 N–H and O–H groups in total. The third kappa shape index (κ3) is 3.90. The van der Waals surface area contributed by atoms with Crippen LogP contribution in [-0.4, -0.2) is 29.4 Å². The molecular formula is C17H22N2O5. The number of ether oxygens (including phenoxy) is 1. The quantitative estimate of drug-likeness (QED) is 0.506. The zero-order valence-corrected chi connectivity index (χ0v) is 13.9. The number of esters is 1. The van der Waals surface area contributed by atoms with Crippen molar-refractivity contribution in [3.8, 4) is 0 Å². The summed E-state index contributed by atoms with van der Waals surface area (Å²) in [7, 11) is 1.30. The molecule has 0 bridgehead atoms. The topological polar surface area (TPSA) is 98.5 Å². The second kappa shape index (κ2) is 7.42. The molecule has 1 aromatic carbocycles. The lowest BCUT2D eigenvalue weighted by molar-refractivity contribution is -0.385. The van der Waals surface area contributed by atoms with Crippen molar-refractivity contribution in [2.24, 2.45) is 5.92 Å². The van der Waals surface area contributed by atoms with Gasteiger partial charge in [-0.05, 0) is 31.6 Å². The molecule has 1 fully saturated rings. The van der Waals surface area contributed by atoms with Gasteiger partial charge in [-0.3, -0.25) is 14.9 Å². The molecule has 0 aliphatic heterocycles. The Hall–Kier alpha value is -2.44. The normalized spacial score (nSPS) is 23.3. The maximum atomic E-state index is 12.4. The summed E-state index contributed by atoms with van der Waals surface area (Å²) in [5.74, 6) is -0.371. The van der Waals surface area contributed by atoms with Gasteiger partial charge in [-0.25, -0.2) is 4.79 Å². The minimum Gasteiger partial charge on any atom is -0.467 e. The van der Waals surface area contributed by atoms with E-state index in [-0.39, 0.29) is 12.1 Å². The lowest BCUT2D eigenvalue weighted by Crippen LogP contribution is -2.57. The molecule has 130 valence electrons. The molecular weight excluding hydrogens is 312 g/mol. The van der Waals surface area contributed by atoms with Crippen molar-refractivity contribution in [1.82, 2.24) is 5.32 Å². The number of hydrogen-bond donors (Lipinski definition) is 1. The molecule has 1 amide bonds. The Morgan fingerprint density at radius 3 is 2.54 bits per heavy atom. The third-order valence-corrected chi connectivity index (χ3v) is 4.62. The van der Waals surface area contributed by atoms with Crippen molar-refractivity contribution in [3.05, 3.63) is 39.9 Å². The number of rotatable bonds is 5. The largest absolute Gasteiger partial charge is 0.467 e. The summed E-state index contributed by atoms with van der Waals surface area (Å²) < 4.78 is 4.88. The first kappa shape index (κ1) is 17.9. The first-order chi connectivity index (χ1) is 11.4. The molecule has 1 aromatic rings. The van der Waals surface area contributed by atoms with Crippen molar-refractivity contribution in [1.29, 1.82) is 0 Å². The van der Waals surface area contributed by atoms with E-state index in [1.807, 2.05) is 0 Å². The molecule has 7 heteroatoms. The number of para-hydroxylation sites is 1. The highest BCUT2D eigenvalue weighted by molar-refractivity contribution is 5.89. The van der Waals surface area contributed by atoms with Crippen LogP contribution in [0.5, 0.6) is 0 Å². The van der Waals surface area contributed by atoms with E-state index in [0.29, 0.717) is 24.3 Å². The van der Waals surface area contributed by atoms with Crippen LogP contribution in [0.15, 0.2) is 24.3 Å². The number of benzene rings is 1. The van der Waals surface area contributed by atoms with Gasteiger partial charge in [0.05, 0.1) is 18.5 Å². The van der Waals surface area contributed by atoms with Gasteiger partial charge in [-0.1, -0.05) is 25.1 Å². The van der Waals surface area contributed by atoms with Gasteiger partial charge >= 0.3 is 5.97 Å². The van der Waals surface area contributed by atoms with Crippen LogP contribution in [0, 0.1) is 16.0 Å². The molecule has 0 heterocycles. The van der Waals surface area contributed by atoms with Crippen molar-refractivity contribution in [3.63, 3.8) is 0 Å². The number of hydrogen-bond acceptors (Lipinski definition) is 5. The lowest BCUT2D eigenvalue weighted by atomic mass is 9.77. The Morgan fingerprint density at radius 1 is 1.33 bits per heavy atom. The molecule has 0 aromatic heterocycles. The second-order valence-electron chi connectivity index (χ2n) is 6.37. The Morgan fingerprint density at radius 2 is 1.96 bits per heavy atom. The van der Waals surface area contributed by atoms with Crippen molar-refractivity contribution in [2.45, 2.75) is 44.6 Å². The van der Waals surface area contributed by atoms with E-state index in [0.717, 1.165) is 12.8 Å². The summed E-state index contributed by atoms with van der Waals surface area (Å²) in [6.45, 7) is 2.11. The van der Waals surface area contributed by atoms with E-state index in [2.05, 4.69) is 12.2 Å². The molecule has 0 radical (unpaired) electrons. The van der Waals surface area contributed by atoms with Crippen LogP contribution >= 0.6 is 0 Å². The summed E-state index contributed by atoms with van der Waals surface area (Å²) in [6, 6.07) is 6.11. The number of amides is 1. The molecule has 7 nitrogen and oxygen atoms in total. The summed E-state index contributed by atoms with van der Waals surface area (Å²) in [5, 5.41) is 13.8. The maximum absolute atomic E-state index is 12.4. The average Bonchev–Trinajstić information content (AvgIpc) is 2.56. The van der Waals surface area contributed by atoms with Crippen LogP contribution in [0.25, 0.3) is 0 Å². The molecule has 0 spiro atoms. The first-order valence-corrected chi connectivity index (χ1v) is 7.99. The molecule has 1 saturated carbocycles. The summed E-state index contributed by atoms with van der Waals surface area (Å²) in [5.41, 5.74) is -0.803. The van der Waals surface area contributed by atoms with E-state index in [9.17, 15) is 19.7 Å². The van der Waals surface area contributed by atoms with Gasteiger partial charge in [-0.2, -0.15) is 0 Å². The highest BCUT2D eigenvalue weighted by Crippen LogP contribution is 2.33. The fourth-order valence-electron chi connectivity index (χ4n) is 3.15. The second-order valence-corrected chi connectivity index (χ2v) is 6.37. The van der Waals surface area contributed by atoms with Crippen LogP contribution < -0.4 is 5.32 Å². The predicted octanol–water partition coefficient (Wildman–Crippen LogP) is 2.38. The minimum absolute atomic E-state index is 0.1000. The minimum atomic E-state index is -1.03. The zero-order chi connectivity index (χ0) is 17.7. The number of nitrogens with one attached hydrogen (secondary N) is 1. The summed E-state index contributed by atoms with van der Waals surface area (Å²) in [6.07, 6.45) is 2.53. The van der Waals surface area contributed by atoms with Gasteiger partial charge in [0.1, 0.15) is 5.54 Å². The predicted molar refractivity (Wildman–Crippen MR) is 87.3 cm³/mol. The van der Waals surface area contributed by atoms with Crippen LogP contribution in [-0.2, 0) is 20.7 Å². The number of carbonyl (C=O) groups excluding carboxylic acids is 2. The third-order valence-electron chi connectivity index (χ3n) is 4.62. The maximum Gasteiger partial charge on any atom is 0.331 e. The van der Waals surface area contributed by atoms with Crippen molar-refractivity contribution in [2.75, 3.05) is 7.11 Å². The molecule has 1 aliphatic carbocycles. The number of nitrogens with zero attached hydrogens (tertiary/aromatic N) is 1. The smallest absolute Gasteiger partial charge is 0.331 e. The summed E-state index contributed by atoms with van der Waals surface area (Å²) >= 11 is 0. The molecule has 2 rings (SSSR count). The molecule has 0 unspecified atom stereocenters. The highest BCUT2D eigenvalue weighted by Gasteiger charge is 2.43. The van der Waals surface area contributed by atoms with Gasteiger partial charge in [0.25, 0.3) is 5.69 Å². The fraction of sp³-hybridized carbons (Fsp3) is 0.529. The number of nitro groups is 1. The van der Waals surface area contributed by atoms with Crippen LogP contribution in [0.2, 0.25) is 0 Å². The van der Waals surface area contributed by atoms with Gasteiger partial charge in [0.15, 0.2) is 0 Å². The number of methoxy groups -OCH3 is 1. The first-order valence-electron chi connectivity index (χ1n) is 7.99. The Labute approximate surface area is 140 Å². The Kier molecular flexibility index (Phi) is 5.54. The van der Waals surface area contributed by atoms with Gasteiger partial charge in [-0.15, -0.1) is 0 Å². The Bertz CT molecular complexity index is 636. The SMILES string of the molecule is COC(=O)C1(NC(=O)Cc2ccccc2[N+](=O)[O-])CCC(C)CC1. The average molecular weight is 334 g/mol. The Balaban J connectivity index is 2.14. The fourth-order valence-corrected chi connectivity index (χ4v) is 3.15. The van der Waals surface area contributed by atoms with Gasteiger partial charge in [0, 0.05) is 11.6 Å². The number of nitro benzene ring substituents is 1. The standard InChI is InChI=1S/C17H22N2O5/c1-12-7-9-17(10-8-12,16(21)24-2)18-15(20)11-13-5-3-4-6-14(13)19(22)23/h3-6,12H,7-11H2,1-2H3,(H,18,20). The van der Waals surface area contributed by atoms with Gasteiger partial charge < -0.3 is 10.1 Å². The van der Waals surface area contributed by atoms with E-state index in [1.165, 1.54) is 13.2 Å². The van der Waals surface area contributed by atoms with Crippen LogP contribution in [0.1, 0.15) is 38.2 Å². The monoisotopic (exact) mass is 334 g/mol. The van der Waals surface area contributed by atoms with Gasteiger partial charge in [0.2, 0.25) is 5.91 Å². The van der Waals surface area contributed by atoms with Crippen molar-refractivity contribution >= 4 is 17.6 Å². The van der Waals surface area contributed by atoms with Crippen molar-refractivity contribution < 1.29 is 19.2 Å². The molecule has 24 heavy (non-hydrogen) atoms. The number of carbonyl (C=O) groups is 2. The van der Waals surface area contributed by atoms with Crippen LogP contribution in [0.3, 0.4) is 0 Å². The lowest BCUT2D eigenvalue weighted by Gasteiger charge is -2.37. The van der Waals surface area contributed by atoms with E-state index in [1.54, 1.807) is 18.2 Å². The van der Waals surface area contributed by atoms with E-state index < -0.39 is 22.3 Å². The molecule has 0 saturated heterocycles.